The van der Waals surface area contributed by atoms with Gasteiger partial charge in [0, 0.05) is 88.4 Å². The van der Waals surface area contributed by atoms with Crippen molar-refractivity contribution >= 4 is 33.7 Å². The van der Waals surface area contributed by atoms with Crippen molar-refractivity contribution in [2.45, 2.75) is 75.8 Å². The minimum Gasteiger partial charge on any atom is -0.496 e. The van der Waals surface area contributed by atoms with Crippen molar-refractivity contribution < 1.29 is 28.5 Å². The number of aromatic amines is 2. The van der Waals surface area contributed by atoms with E-state index in [4.69, 9.17) is 18.9 Å². The summed E-state index contributed by atoms with van der Waals surface area (Å²) >= 11 is 0. The molecule has 5 aliphatic heterocycles. The summed E-state index contributed by atoms with van der Waals surface area (Å²) in [7, 11) is 4.83. The molecule has 1 saturated carbocycles. The molecule has 5 fully saturated rings. The Hall–Kier alpha value is -4.12. The molecule has 7 heterocycles. The van der Waals surface area contributed by atoms with Gasteiger partial charge in [-0.05, 0) is 74.1 Å². The van der Waals surface area contributed by atoms with Gasteiger partial charge in [-0.2, -0.15) is 0 Å². The number of rotatable bonds is 5. The lowest BCUT2D eigenvalue weighted by molar-refractivity contribution is -0.199. The normalized spacial score (nSPS) is 35.8. The van der Waals surface area contributed by atoms with E-state index < -0.39 is 10.8 Å². The number of piperidine rings is 3. The number of ether oxygens (including phenoxy) is 4. The van der Waals surface area contributed by atoms with Gasteiger partial charge in [0.1, 0.15) is 16.6 Å². The summed E-state index contributed by atoms with van der Waals surface area (Å²) in [5, 5.41) is 2.33. The number of para-hydroxylation sites is 1. The maximum Gasteiger partial charge on any atom is 0.319 e. The predicted molar refractivity (Wildman–Crippen MR) is 206 cm³/mol. The molecule has 54 heavy (non-hydrogen) atoms. The highest BCUT2D eigenvalue weighted by atomic mass is 16.5. The van der Waals surface area contributed by atoms with E-state index in [1.807, 2.05) is 0 Å². The maximum atomic E-state index is 14.3. The zero-order valence-corrected chi connectivity index (χ0v) is 32.1. The van der Waals surface area contributed by atoms with Crippen molar-refractivity contribution in [1.82, 2.24) is 19.8 Å². The van der Waals surface area contributed by atoms with Gasteiger partial charge in [-0.1, -0.05) is 43.2 Å². The Morgan fingerprint density at radius 1 is 1.00 bits per heavy atom. The average Bonchev–Trinajstić information content (AvgIpc) is 3.72. The number of hydrogen-bond acceptors (Lipinski definition) is 8. The van der Waals surface area contributed by atoms with Gasteiger partial charge in [0.15, 0.2) is 0 Å². The van der Waals surface area contributed by atoms with E-state index in [9.17, 15) is 9.59 Å². The SMILES string of the molecule is C/C=C1\CN2COC[C@@]3(C(=O)OC)[C@@H]1C[C@H](c1cc4c5c([nH]c4cc1OC)[C@]1(C(=O)OC)C[C@@H]4C[C@H](CC)[C@@H]1N(CC5)C4)c1[nH]c4ccccc4c1C[C@H]23. The van der Waals surface area contributed by atoms with Gasteiger partial charge >= 0.3 is 11.9 Å². The predicted octanol–water partition coefficient (Wildman–Crippen LogP) is 6.22. The number of benzene rings is 2. The highest BCUT2D eigenvalue weighted by Gasteiger charge is 2.64. The largest absolute Gasteiger partial charge is 0.496 e. The van der Waals surface area contributed by atoms with Crippen molar-refractivity contribution in [2.75, 3.05) is 54.3 Å². The number of nitrogens with one attached hydrogen (secondary N) is 2. The van der Waals surface area contributed by atoms with Crippen LogP contribution in [0.15, 0.2) is 48.0 Å². The highest BCUT2D eigenvalue weighted by molar-refractivity contribution is 5.93. The first kappa shape index (κ1) is 34.4. The number of aromatic nitrogens is 2. The van der Waals surface area contributed by atoms with Gasteiger partial charge in [0.25, 0.3) is 0 Å². The van der Waals surface area contributed by atoms with E-state index in [0.29, 0.717) is 38.0 Å². The van der Waals surface area contributed by atoms with Crippen LogP contribution in [-0.2, 0) is 42.1 Å². The number of carbonyl (C=O) groups excluding carboxylic acids is 2. The zero-order valence-electron chi connectivity index (χ0n) is 32.1. The summed E-state index contributed by atoms with van der Waals surface area (Å²) in [6.45, 7) is 7.90. The molecular formula is C44H52N4O6. The standard InChI is InChI=1S/C44H52N4O6/c1-6-25-14-24-19-43(41(49)52-4)39-28(12-13-47(20-24)40(25)43)29-15-30(36(51-3)18-35(29)46-39)31-16-33-26(7-2)21-48-23-54-22-44(33,42(50)53-5)37(48)17-32-27-10-8-9-11-34(27)45-38(31)32/h7-11,15,18,24-25,31,33,37,40,45-46H,6,12-14,16-17,19-23H2,1-5H3/b26-7+/t24-,25-,31+,33+,37-,40-,43+,44+/m0/s1. The fraction of sp³-hybridized carbons (Fsp3) is 0.545. The molecular weight excluding hydrogens is 681 g/mol. The van der Waals surface area contributed by atoms with Crippen LogP contribution < -0.4 is 4.74 Å². The quantitative estimate of drug-likeness (QED) is 0.184. The van der Waals surface area contributed by atoms with Crippen LogP contribution in [0.3, 0.4) is 0 Å². The molecule has 2 aromatic heterocycles. The molecule has 7 aliphatic rings. The molecule has 284 valence electrons. The van der Waals surface area contributed by atoms with Crippen molar-refractivity contribution in [1.29, 1.82) is 0 Å². The van der Waals surface area contributed by atoms with Crippen LogP contribution in [0.4, 0.5) is 0 Å². The molecule has 10 atom stereocenters. The summed E-state index contributed by atoms with van der Waals surface area (Å²) in [6.07, 6.45) is 7.47. The Bertz CT molecular complexity index is 2220. The number of H-pyrrole nitrogens is 2. The summed E-state index contributed by atoms with van der Waals surface area (Å²) in [5.41, 5.74) is 7.50. The van der Waals surface area contributed by atoms with E-state index in [1.165, 1.54) is 41.3 Å². The average molecular weight is 733 g/mol. The molecule has 0 amide bonds. The maximum absolute atomic E-state index is 14.3. The molecule has 10 nitrogen and oxygen atoms in total. The number of esters is 2. The Morgan fingerprint density at radius 3 is 2.61 bits per heavy atom. The van der Waals surface area contributed by atoms with Crippen LogP contribution in [0.25, 0.3) is 21.8 Å². The van der Waals surface area contributed by atoms with Crippen molar-refractivity contribution in [3.05, 3.63) is 76.1 Å². The Labute approximate surface area is 316 Å². The van der Waals surface area contributed by atoms with E-state index in [0.717, 1.165) is 72.3 Å². The fourth-order valence-corrected chi connectivity index (χ4v) is 12.9. The number of nitrogens with zero attached hydrogens (tertiary/aromatic N) is 2. The summed E-state index contributed by atoms with van der Waals surface area (Å²) in [6, 6.07) is 13.1. The van der Waals surface area contributed by atoms with Gasteiger partial charge in [-0.3, -0.25) is 19.4 Å². The van der Waals surface area contributed by atoms with Crippen molar-refractivity contribution in [3.8, 4) is 5.75 Å². The molecule has 4 aromatic rings. The third-order valence-electron chi connectivity index (χ3n) is 15.0. The zero-order chi connectivity index (χ0) is 37.1. The van der Waals surface area contributed by atoms with Gasteiger partial charge in [-0.15, -0.1) is 0 Å². The second kappa shape index (κ2) is 12.4. The monoisotopic (exact) mass is 732 g/mol. The van der Waals surface area contributed by atoms with E-state index >= 15 is 0 Å². The second-order valence-corrected chi connectivity index (χ2v) is 17.0. The topological polar surface area (TPSA) is 109 Å². The Kier molecular flexibility index (Phi) is 7.92. The first-order valence-electron chi connectivity index (χ1n) is 20.0. The first-order valence-corrected chi connectivity index (χ1v) is 20.0. The Balaban J connectivity index is 1.21. The molecule has 0 radical (unpaired) electrons. The molecule has 11 rings (SSSR count). The molecule has 4 saturated heterocycles. The Morgan fingerprint density at radius 2 is 1.83 bits per heavy atom. The van der Waals surface area contributed by atoms with Crippen molar-refractivity contribution in [3.63, 3.8) is 0 Å². The van der Waals surface area contributed by atoms with Gasteiger partial charge in [0.2, 0.25) is 0 Å². The lowest BCUT2D eigenvalue weighted by Gasteiger charge is -2.57. The first-order chi connectivity index (χ1) is 26.3. The van der Waals surface area contributed by atoms with E-state index in [-0.39, 0.29) is 35.9 Å². The van der Waals surface area contributed by atoms with Gasteiger partial charge in [-0.25, -0.2) is 0 Å². The molecule has 0 spiro atoms. The fourth-order valence-electron chi connectivity index (χ4n) is 12.9. The van der Waals surface area contributed by atoms with Gasteiger partial charge in [0.05, 0.1) is 34.7 Å². The number of hydrogen-bond donors (Lipinski definition) is 2. The molecule has 10 heteroatoms. The molecule has 2 aromatic carbocycles. The molecule has 2 unspecified atom stereocenters. The lowest BCUT2D eigenvalue weighted by atomic mass is 9.56. The van der Waals surface area contributed by atoms with Gasteiger partial charge < -0.3 is 28.9 Å². The van der Waals surface area contributed by atoms with Crippen LogP contribution in [0.1, 0.15) is 73.5 Å². The third-order valence-corrected chi connectivity index (χ3v) is 15.0. The third kappa shape index (κ3) is 4.44. The lowest BCUT2D eigenvalue weighted by Crippen LogP contribution is -2.68. The summed E-state index contributed by atoms with van der Waals surface area (Å²) in [4.78, 5) is 41.3. The second-order valence-electron chi connectivity index (χ2n) is 17.0. The van der Waals surface area contributed by atoms with Crippen LogP contribution in [0.5, 0.6) is 5.75 Å². The number of allylic oxidation sites excluding steroid dienone is 1. The molecule has 8 bridgehead atoms. The van der Waals surface area contributed by atoms with Crippen LogP contribution >= 0.6 is 0 Å². The minimum absolute atomic E-state index is 0.0673. The van der Waals surface area contributed by atoms with Crippen LogP contribution in [0.2, 0.25) is 0 Å². The summed E-state index contributed by atoms with van der Waals surface area (Å²) in [5.74, 6) is 1.14. The van der Waals surface area contributed by atoms with Crippen molar-refractivity contribution in [2.24, 2.45) is 23.2 Å². The number of carbonyl (C=O) groups is 2. The van der Waals surface area contributed by atoms with Crippen LogP contribution in [-0.4, -0.2) is 98.1 Å². The highest BCUT2D eigenvalue weighted by Crippen LogP contribution is 2.58. The molecule has 2 aliphatic carbocycles. The summed E-state index contributed by atoms with van der Waals surface area (Å²) < 4.78 is 24.1. The van der Waals surface area contributed by atoms with E-state index in [2.05, 4.69) is 76.1 Å². The van der Waals surface area contributed by atoms with Crippen LogP contribution in [0, 0.1) is 23.2 Å². The number of methoxy groups -OCH3 is 3. The minimum atomic E-state index is -0.863. The smallest absolute Gasteiger partial charge is 0.319 e. The number of fused-ring (bicyclic) bond motifs is 7. The van der Waals surface area contributed by atoms with E-state index in [1.54, 1.807) is 14.2 Å². The molecule has 2 N–H and O–H groups in total.